The van der Waals surface area contributed by atoms with Gasteiger partial charge in [0, 0.05) is 25.9 Å². The second-order valence-electron chi connectivity index (χ2n) is 4.94. The Hall–Kier alpha value is -0.900. The predicted octanol–water partition coefficient (Wildman–Crippen LogP) is 0.900. The van der Waals surface area contributed by atoms with Crippen LogP contribution in [0.4, 0.5) is 0 Å². The second-order valence-corrected chi connectivity index (χ2v) is 4.94. The Labute approximate surface area is 96.2 Å². The molecule has 1 saturated heterocycles. The Balaban J connectivity index is 1.97. The first-order valence-electron chi connectivity index (χ1n) is 6.25. The molecule has 0 aromatic rings. The van der Waals surface area contributed by atoms with E-state index in [-0.39, 0.29) is 11.8 Å². The molecule has 2 N–H and O–H groups in total. The Morgan fingerprint density at radius 1 is 1.06 bits per heavy atom. The van der Waals surface area contributed by atoms with Crippen molar-refractivity contribution >= 4 is 11.8 Å². The lowest BCUT2D eigenvalue weighted by Gasteiger charge is -2.32. The summed E-state index contributed by atoms with van der Waals surface area (Å²) in [5, 5.41) is 0. The molecule has 2 fully saturated rings. The minimum Gasteiger partial charge on any atom is -0.329 e. The number of amides is 2. The maximum Gasteiger partial charge on any atom is 0.229 e. The van der Waals surface area contributed by atoms with Gasteiger partial charge in [0.05, 0.1) is 0 Å². The van der Waals surface area contributed by atoms with E-state index in [2.05, 4.69) is 0 Å². The molecular formula is C12H20N2O2. The van der Waals surface area contributed by atoms with E-state index in [0.717, 1.165) is 0 Å². The monoisotopic (exact) mass is 224 g/mol. The van der Waals surface area contributed by atoms with Crippen LogP contribution in [0.15, 0.2) is 0 Å². The van der Waals surface area contributed by atoms with Crippen LogP contribution in [-0.4, -0.2) is 29.8 Å². The Bertz CT molecular complexity index is 267. The molecule has 0 aromatic carbocycles. The zero-order chi connectivity index (χ0) is 11.5. The molecule has 4 nitrogen and oxygen atoms in total. The highest BCUT2D eigenvalue weighted by Crippen LogP contribution is 2.37. The number of carbonyl (C=O) groups is 2. The van der Waals surface area contributed by atoms with E-state index in [4.69, 9.17) is 5.73 Å². The van der Waals surface area contributed by atoms with E-state index in [1.165, 1.54) is 30.6 Å². The third-order valence-electron chi connectivity index (χ3n) is 3.89. The molecule has 1 heterocycles. The highest BCUT2D eigenvalue weighted by Gasteiger charge is 2.36. The number of carbonyl (C=O) groups excluding carboxylic acids is 2. The summed E-state index contributed by atoms with van der Waals surface area (Å²) in [6.45, 7) is 0.751. The number of likely N-dealkylation sites (tertiary alicyclic amines) is 1. The summed E-state index contributed by atoms with van der Waals surface area (Å²) >= 11 is 0. The van der Waals surface area contributed by atoms with Gasteiger partial charge in [-0.15, -0.1) is 0 Å². The van der Waals surface area contributed by atoms with E-state index in [1.54, 1.807) is 0 Å². The maximum atomic E-state index is 11.8. The summed E-state index contributed by atoms with van der Waals surface area (Å²) in [6, 6.07) is 0. The highest BCUT2D eigenvalue weighted by atomic mass is 16.2. The Morgan fingerprint density at radius 2 is 1.62 bits per heavy atom. The van der Waals surface area contributed by atoms with Crippen molar-refractivity contribution < 1.29 is 9.59 Å². The van der Waals surface area contributed by atoms with Gasteiger partial charge >= 0.3 is 0 Å². The van der Waals surface area contributed by atoms with Crippen LogP contribution in [0, 0.1) is 11.8 Å². The van der Waals surface area contributed by atoms with Crippen LogP contribution >= 0.6 is 0 Å². The summed E-state index contributed by atoms with van der Waals surface area (Å²) in [6.07, 6.45) is 6.02. The first kappa shape index (κ1) is 11.6. The number of imide groups is 1. The largest absolute Gasteiger partial charge is 0.329 e. The molecule has 2 rings (SSSR count). The lowest BCUT2D eigenvalue weighted by molar-refractivity contribution is -0.150. The molecule has 0 unspecified atom stereocenters. The zero-order valence-corrected chi connectivity index (χ0v) is 9.65. The topological polar surface area (TPSA) is 63.4 Å². The molecule has 16 heavy (non-hydrogen) atoms. The van der Waals surface area contributed by atoms with Gasteiger partial charge in [-0.2, -0.15) is 0 Å². The Morgan fingerprint density at radius 3 is 2.12 bits per heavy atom. The number of rotatable bonds is 3. The molecule has 0 atom stereocenters. The molecule has 1 aliphatic heterocycles. The molecule has 1 saturated carbocycles. The van der Waals surface area contributed by atoms with Gasteiger partial charge in [-0.3, -0.25) is 14.5 Å². The summed E-state index contributed by atoms with van der Waals surface area (Å²) in [5.41, 5.74) is 5.39. The molecule has 0 spiro atoms. The van der Waals surface area contributed by atoms with Crippen molar-refractivity contribution in [3.05, 3.63) is 0 Å². The van der Waals surface area contributed by atoms with Crippen LogP contribution < -0.4 is 5.73 Å². The van der Waals surface area contributed by atoms with Gasteiger partial charge in [-0.05, 0) is 11.8 Å². The average molecular weight is 224 g/mol. The molecule has 2 aliphatic rings. The lowest BCUT2D eigenvalue weighted by Crippen LogP contribution is -2.46. The standard InChI is InChI=1S/C12H20N2O2/c13-5-6-14-11(15)7-10(8-12(14)16)9-3-1-2-4-9/h9-10H,1-8,13H2. The lowest BCUT2D eigenvalue weighted by atomic mass is 9.82. The maximum absolute atomic E-state index is 11.8. The van der Waals surface area contributed by atoms with Crippen molar-refractivity contribution in [1.29, 1.82) is 0 Å². The van der Waals surface area contributed by atoms with E-state index >= 15 is 0 Å². The van der Waals surface area contributed by atoms with Crippen LogP contribution in [0.2, 0.25) is 0 Å². The van der Waals surface area contributed by atoms with Gasteiger partial charge in [-0.1, -0.05) is 25.7 Å². The van der Waals surface area contributed by atoms with Gasteiger partial charge in [-0.25, -0.2) is 0 Å². The number of hydrogen-bond acceptors (Lipinski definition) is 3. The predicted molar refractivity (Wildman–Crippen MR) is 60.5 cm³/mol. The van der Waals surface area contributed by atoms with Crippen molar-refractivity contribution in [2.45, 2.75) is 38.5 Å². The molecule has 2 amide bonds. The summed E-state index contributed by atoms with van der Waals surface area (Å²) < 4.78 is 0. The fraction of sp³-hybridized carbons (Fsp3) is 0.833. The van der Waals surface area contributed by atoms with Crippen LogP contribution in [0.3, 0.4) is 0 Å². The smallest absolute Gasteiger partial charge is 0.229 e. The van der Waals surface area contributed by atoms with Crippen molar-refractivity contribution in [2.24, 2.45) is 17.6 Å². The van der Waals surface area contributed by atoms with Crippen molar-refractivity contribution in [1.82, 2.24) is 4.90 Å². The fourth-order valence-electron chi connectivity index (χ4n) is 3.02. The van der Waals surface area contributed by atoms with Crippen LogP contribution in [0.5, 0.6) is 0 Å². The van der Waals surface area contributed by atoms with Gasteiger partial charge in [0.15, 0.2) is 0 Å². The molecule has 0 radical (unpaired) electrons. The second kappa shape index (κ2) is 4.95. The van der Waals surface area contributed by atoms with E-state index in [0.29, 0.717) is 37.8 Å². The molecule has 90 valence electrons. The van der Waals surface area contributed by atoms with E-state index < -0.39 is 0 Å². The van der Waals surface area contributed by atoms with Gasteiger partial charge in [0.25, 0.3) is 0 Å². The minimum atomic E-state index is -0.0152. The summed E-state index contributed by atoms with van der Waals surface area (Å²) in [7, 11) is 0. The summed E-state index contributed by atoms with van der Waals surface area (Å²) in [4.78, 5) is 25.0. The van der Waals surface area contributed by atoms with Crippen LogP contribution in [0.25, 0.3) is 0 Å². The molecule has 0 aromatic heterocycles. The third-order valence-corrected chi connectivity index (χ3v) is 3.89. The fourth-order valence-corrected chi connectivity index (χ4v) is 3.02. The molecule has 4 heteroatoms. The van der Waals surface area contributed by atoms with Gasteiger partial charge < -0.3 is 5.73 Å². The van der Waals surface area contributed by atoms with Crippen molar-refractivity contribution in [2.75, 3.05) is 13.1 Å². The number of piperidine rings is 1. The number of nitrogens with two attached hydrogens (primary N) is 1. The summed E-state index contributed by atoms with van der Waals surface area (Å²) in [5.74, 6) is 0.877. The first-order valence-corrected chi connectivity index (χ1v) is 6.25. The third kappa shape index (κ3) is 2.26. The van der Waals surface area contributed by atoms with E-state index in [9.17, 15) is 9.59 Å². The van der Waals surface area contributed by atoms with Gasteiger partial charge in [0.1, 0.15) is 0 Å². The van der Waals surface area contributed by atoms with Gasteiger partial charge in [0.2, 0.25) is 11.8 Å². The normalized spacial score (nSPS) is 24.4. The zero-order valence-electron chi connectivity index (χ0n) is 9.65. The quantitative estimate of drug-likeness (QED) is 0.724. The van der Waals surface area contributed by atoms with Crippen molar-refractivity contribution in [3.8, 4) is 0 Å². The number of hydrogen-bond donors (Lipinski definition) is 1. The average Bonchev–Trinajstić information content (AvgIpc) is 2.76. The van der Waals surface area contributed by atoms with Crippen LogP contribution in [-0.2, 0) is 9.59 Å². The Kier molecular flexibility index (Phi) is 3.59. The van der Waals surface area contributed by atoms with Crippen LogP contribution in [0.1, 0.15) is 38.5 Å². The molecular weight excluding hydrogens is 204 g/mol. The first-order chi connectivity index (χ1) is 7.72. The SMILES string of the molecule is NCCN1C(=O)CC(C2CCCC2)CC1=O. The van der Waals surface area contributed by atoms with Crippen molar-refractivity contribution in [3.63, 3.8) is 0 Å². The van der Waals surface area contributed by atoms with E-state index in [1.807, 2.05) is 0 Å². The minimum absolute atomic E-state index is 0.0152. The highest BCUT2D eigenvalue weighted by molar-refractivity contribution is 5.97. The molecule has 1 aliphatic carbocycles. The molecule has 0 bridgehead atoms. The number of nitrogens with zero attached hydrogens (tertiary/aromatic N) is 1.